The van der Waals surface area contributed by atoms with Gasteiger partial charge in [-0.05, 0) is 49.2 Å². The third kappa shape index (κ3) is 4.43. The lowest BCUT2D eigenvalue weighted by Crippen LogP contribution is -2.27. The van der Waals surface area contributed by atoms with E-state index in [9.17, 15) is 4.79 Å². The van der Waals surface area contributed by atoms with Gasteiger partial charge >= 0.3 is 0 Å². The Morgan fingerprint density at radius 2 is 2.15 bits per heavy atom. The molecule has 2 aromatic rings. The molecule has 1 saturated heterocycles. The van der Waals surface area contributed by atoms with Crippen LogP contribution in [0.2, 0.25) is 5.28 Å². The van der Waals surface area contributed by atoms with E-state index >= 15 is 0 Å². The molecule has 6 nitrogen and oxygen atoms in total. The second kappa shape index (κ2) is 8.36. The molecule has 138 valence electrons. The Hall–Kier alpha value is -2.34. The first-order valence-corrected chi connectivity index (χ1v) is 9.22. The molecule has 1 aliphatic heterocycles. The van der Waals surface area contributed by atoms with E-state index in [1.807, 2.05) is 44.2 Å². The van der Waals surface area contributed by atoms with Crippen molar-refractivity contribution in [1.29, 1.82) is 0 Å². The third-order valence-corrected chi connectivity index (χ3v) is 4.69. The van der Waals surface area contributed by atoms with Gasteiger partial charge in [0, 0.05) is 25.7 Å². The largest absolute Gasteiger partial charge is 0.489 e. The molecular weight excluding hydrogens is 352 g/mol. The molecule has 2 heterocycles. The lowest BCUT2D eigenvalue weighted by molar-refractivity contribution is -0.122. The van der Waals surface area contributed by atoms with Gasteiger partial charge in [-0.15, -0.1) is 0 Å². The van der Waals surface area contributed by atoms with E-state index in [-0.39, 0.29) is 23.2 Å². The number of nitrogens with zero attached hydrogens (tertiary/aromatic N) is 3. The number of benzene rings is 1. The predicted molar refractivity (Wildman–Crippen MR) is 102 cm³/mol. The van der Waals surface area contributed by atoms with Crippen molar-refractivity contribution in [2.75, 3.05) is 24.5 Å². The standard InChI is InChI=1S/C19H23ClN4O2/c1-3-21-18(25)13(2)14-4-6-15(7-5-14)26-16-9-11-24(12-16)17-8-10-22-19(20)23-17/h4-8,10,13,16H,3,9,11-12H2,1-2H3,(H,21,25)/t13-,16?/m1/s1. The Labute approximate surface area is 158 Å². The molecule has 1 unspecified atom stereocenters. The number of nitrogens with one attached hydrogen (secondary N) is 1. The molecule has 1 aromatic carbocycles. The van der Waals surface area contributed by atoms with Crippen molar-refractivity contribution in [3.8, 4) is 5.75 Å². The Kier molecular flexibility index (Phi) is 5.93. The summed E-state index contributed by atoms with van der Waals surface area (Å²) >= 11 is 5.86. The summed E-state index contributed by atoms with van der Waals surface area (Å²) in [5.41, 5.74) is 0.979. The Morgan fingerprint density at radius 3 is 2.85 bits per heavy atom. The summed E-state index contributed by atoms with van der Waals surface area (Å²) in [5.74, 6) is 1.50. The summed E-state index contributed by atoms with van der Waals surface area (Å²) in [6, 6.07) is 9.61. The fourth-order valence-electron chi connectivity index (χ4n) is 3.04. The van der Waals surface area contributed by atoms with E-state index in [4.69, 9.17) is 16.3 Å². The number of carbonyl (C=O) groups excluding carboxylic acids is 1. The lowest BCUT2D eigenvalue weighted by atomic mass is 10.0. The number of carbonyl (C=O) groups is 1. The molecule has 0 bridgehead atoms. The lowest BCUT2D eigenvalue weighted by Gasteiger charge is -2.18. The summed E-state index contributed by atoms with van der Waals surface area (Å²) in [6.07, 6.45) is 2.67. The molecule has 0 spiro atoms. The van der Waals surface area contributed by atoms with Gasteiger partial charge in [-0.3, -0.25) is 4.79 Å². The van der Waals surface area contributed by atoms with Crippen molar-refractivity contribution in [3.05, 3.63) is 47.4 Å². The van der Waals surface area contributed by atoms with E-state index < -0.39 is 0 Å². The predicted octanol–water partition coefficient (Wildman–Crippen LogP) is 3.03. The first-order chi connectivity index (χ1) is 12.6. The molecule has 1 N–H and O–H groups in total. The molecule has 1 aromatic heterocycles. The van der Waals surface area contributed by atoms with Crippen LogP contribution in [-0.2, 0) is 4.79 Å². The van der Waals surface area contributed by atoms with Crippen molar-refractivity contribution in [1.82, 2.24) is 15.3 Å². The minimum absolute atomic E-state index is 0.0381. The van der Waals surface area contributed by atoms with Crippen LogP contribution in [0.4, 0.5) is 5.82 Å². The molecule has 1 fully saturated rings. The average Bonchev–Trinajstić information content (AvgIpc) is 3.10. The first kappa shape index (κ1) is 18.5. The van der Waals surface area contributed by atoms with Crippen molar-refractivity contribution < 1.29 is 9.53 Å². The van der Waals surface area contributed by atoms with E-state index in [1.54, 1.807) is 6.20 Å². The van der Waals surface area contributed by atoms with Crippen LogP contribution in [0.25, 0.3) is 0 Å². The van der Waals surface area contributed by atoms with E-state index in [0.29, 0.717) is 6.54 Å². The fraction of sp³-hybridized carbons (Fsp3) is 0.421. The van der Waals surface area contributed by atoms with Crippen LogP contribution in [0, 0.1) is 0 Å². The number of ether oxygens (including phenoxy) is 1. The maximum absolute atomic E-state index is 11.9. The number of hydrogen-bond donors (Lipinski definition) is 1. The fourth-order valence-corrected chi connectivity index (χ4v) is 3.18. The van der Waals surface area contributed by atoms with Gasteiger partial charge in [0.2, 0.25) is 11.2 Å². The molecule has 1 aliphatic rings. The van der Waals surface area contributed by atoms with E-state index in [2.05, 4.69) is 20.2 Å². The first-order valence-electron chi connectivity index (χ1n) is 8.84. The number of rotatable bonds is 6. The SMILES string of the molecule is CCNC(=O)[C@H](C)c1ccc(OC2CCN(c3ccnc(Cl)n3)C2)cc1. The maximum Gasteiger partial charge on any atom is 0.227 e. The van der Waals surface area contributed by atoms with Crippen molar-refractivity contribution in [2.45, 2.75) is 32.3 Å². The Balaban J connectivity index is 1.57. The minimum Gasteiger partial charge on any atom is -0.489 e. The van der Waals surface area contributed by atoms with Crippen LogP contribution in [0.5, 0.6) is 5.75 Å². The maximum atomic E-state index is 11.9. The zero-order chi connectivity index (χ0) is 18.5. The zero-order valence-electron chi connectivity index (χ0n) is 15.0. The van der Waals surface area contributed by atoms with Gasteiger partial charge in [0.15, 0.2) is 0 Å². The number of likely N-dealkylation sites (N-methyl/N-ethyl adjacent to an activating group) is 1. The van der Waals surface area contributed by atoms with Gasteiger partial charge < -0.3 is 15.0 Å². The third-order valence-electron chi connectivity index (χ3n) is 4.51. The van der Waals surface area contributed by atoms with Gasteiger partial charge in [-0.2, -0.15) is 0 Å². The number of hydrogen-bond acceptors (Lipinski definition) is 5. The normalized spacial score (nSPS) is 17.8. The van der Waals surface area contributed by atoms with Crippen LogP contribution >= 0.6 is 11.6 Å². The number of anilines is 1. The van der Waals surface area contributed by atoms with Gasteiger partial charge in [-0.25, -0.2) is 9.97 Å². The number of amides is 1. The minimum atomic E-state index is -0.173. The molecule has 0 aliphatic carbocycles. The van der Waals surface area contributed by atoms with E-state index in [1.165, 1.54) is 0 Å². The van der Waals surface area contributed by atoms with E-state index in [0.717, 1.165) is 36.6 Å². The van der Waals surface area contributed by atoms with Gasteiger partial charge in [0.25, 0.3) is 0 Å². The molecule has 0 radical (unpaired) electrons. The molecule has 2 atom stereocenters. The molecule has 0 saturated carbocycles. The second-order valence-electron chi connectivity index (χ2n) is 6.34. The van der Waals surface area contributed by atoms with Crippen molar-refractivity contribution >= 4 is 23.3 Å². The van der Waals surface area contributed by atoms with Gasteiger partial charge in [-0.1, -0.05) is 12.1 Å². The summed E-state index contributed by atoms with van der Waals surface area (Å²) < 4.78 is 6.08. The molecule has 3 rings (SSSR count). The van der Waals surface area contributed by atoms with Crippen LogP contribution in [0.1, 0.15) is 31.7 Å². The highest BCUT2D eigenvalue weighted by Crippen LogP contribution is 2.24. The topological polar surface area (TPSA) is 67.3 Å². The quantitative estimate of drug-likeness (QED) is 0.787. The van der Waals surface area contributed by atoms with Gasteiger partial charge in [0.05, 0.1) is 12.5 Å². The molecule has 26 heavy (non-hydrogen) atoms. The monoisotopic (exact) mass is 374 g/mol. The van der Waals surface area contributed by atoms with Crippen LogP contribution in [0.3, 0.4) is 0 Å². The highest BCUT2D eigenvalue weighted by atomic mass is 35.5. The number of halogens is 1. The highest BCUT2D eigenvalue weighted by Gasteiger charge is 2.25. The summed E-state index contributed by atoms with van der Waals surface area (Å²) in [5, 5.41) is 3.10. The average molecular weight is 375 g/mol. The molecule has 7 heteroatoms. The van der Waals surface area contributed by atoms with Gasteiger partial charge in [0.1, 0.15) is 17.7 Å². The van der Waals surface area contributed by atoms with Crippen molar-refractivity contribution in [2.24, 2.45) is 0 Å². The number of aromatic nitrogens is 2. The Morgan fingerprint density at radius 1 is 1.38 bits per heavy atom. The summed E-state index contributed by atoms with van der Waals surface area (Å²) in [6.45, 7) is 6.08. The van der Waals surface area contributed by atoms with Crippen LogP contribution < -0.4 is 15.0 Å². The smallest absolute Gasteiger partial charge is 0.227 e. The van der Waals surface area contributed by atoms with Crippen molar-refractivity contribution in [3.63, 3.8) is 0 Å². The summed E-state index contributed by atoms with van der Waals surface area (Å²) in [4.78, 5) is 22.2. The summed E-state index contributed by atoms with van der Waals surface area (Å²) in [7, 11) is 0. The van der Waals surface area contributed by atoms with Crippen LogP contribution in [0.15, 0.2) is 36.5 Å². The molecular formula is C19H23ClN4O2. The molecule has 1 amide bonds. The zero-order valence-corrected chi connectivity index (χ0v) is 15.7. The van der Waals surface area contributed by atoms with Crippen LogP contribution in [-0.4, -0.2) is 41.6 Å². The highest BCUT2D eigenvalue weighted by molar-refractivity contribution is 6.28. The second-order valence-corrected chi connectivity index (χ2v) is 6.68. The Bertz CT molecular complexity index is 753.